The molecule has 14 nitrogen and oxygen atoms in total. The van der Waals surface area contributed by atoms with E-state index in [1.807, 2.05) is 34.2 Å². The van der Waals surface area contributed by atoms with Gasteiger partial charge in [-0.2, -0.15) is 0 Å². The van der Waals surface area contributed by atoms with Crippen molar-refractivity contribution in [1.82, 2.24) is 9.55 Å². The van der Waals surface area contributed by atoms with Gasteiger partial charge in [0, 0.05) is 29.8 Å². The minimum atomic E-state index is -0.872. The van der Waals surface area contributed by atoms with Gasteiger partial charge in [0.25, 0.3) is 10.2 Å². The van der Waals surface area contributed by atoms with E-state index in [0.29, 0.717) is 52.0 Å². The summed E-state index contributed by atoms with van der Waals surface area (Å²) in [4.78, 5) is 62.7. The average molecular weight is 755 g/mol. The molecule has 54 heavy (non-hydrogen) atoms. The van der Waals surface area contributed by atoms with Gasteiger partial charge < -0.3 is 23.7 Å². The van der Waals surface area contributed by atoms with E-state index in [0.717, 1.165) is 35.5 Å². The van der Waals surface area contributed by atoms with Gasteiger partial charge in [0.05, 0.1) is 17.5 Å². The van der Waals surface area contributed by atoms with Gasteiger partial charge in [-0.25, -0.2) is 14.6 Å². The lowest BCUT2D eigenvalue weighted by molar-refractivity contribution is -0.763. The van der Waals surface area contributed by atoms with Crippen molar-refractivity contribution in [2.24, 2.45) is 0 Å². The molecule has 0 aliphatic heterocycles. The third kappa shape index (κ3) is 11.3. The Bertz CT molecular complexity index is 2080. The van der Waals surface area contributed by atoms with Crippen molar-refractivity contribution in [3.8, 4) is 0 Å². The average Bonchev–Trinajstić information content (AvgIpc) is 3.83. The van der Waals surface area contributed by atoms with Gasteiger partial charge in [0.2, 0.25) is 0 Å². The molecule has 0 amide bonds. The number of ether oxygens (including phenoxy) is 2. The van der Waals surface area contributed by atoms with E-state index in [2.05, 4.69) is 16.6 Å². The van der Waals surface area contributed by atoms with Crippen LogP contribution < -0.4 is 0 Å². The molecular formula is C39H38N4O10S. The zero-order chi connectivity index (χ0) is 38.3. The first-order valence-corrected chi connectivity index (χ1v) is 18.0. The molecule has 0 saturated carbocycles. The van der Waals surface area contributed by atoms with Crippen molar-refractivity contribution < 1.29 is 38.9 Å². The highest BCUT2D eigenvalue weighted by atomic mass is 32.1. The number of esters is 2. The molecule has 5 aromatic rings. The summed E-state index contributed by atoms with van der Waals surface area (Å²) in [5, 5.41) is 21.6. The number of aryl methyl sites for hydroxylation is 1. The molecule has 5 rings (SSSR count). The minimum Gasteiger partial charge on any atom is -0.457 e. The second-order valence-corrected chi connectivity index (χ2v) is 13.1. The van der Waals surface area contributed by atoms with Gasteiger partial charge in [-0.05, 0) is 63.9 Å². The van der Waals surface area contributed by atoms with Crippen LogP contribution in [-0.4, -0.2) is 31.7 Å². The van der Waals surface area contributed by atoms with Crippen LogP contribution >= 0.6 is 11.3 Å². The molecule has 0 aliphatic rings. The topological polar surface area (TPSA) is 175 Å². The maximum atomic E-state index is 13.7. The number of benzene rings is 3. The molecule has 0 N–H and O–H groups in total. The summed E-state index contributed by atoms with van der Waals surface area (Å²) in [6, 6.07) is 24.6. The Morgan fingerprint density at radius 3 is 1.94 bits per heavy atom. The number of rotatable bonds is 20. The lowest BCUT2D eigenvalue weighted by Crippen LogP contribution is -2.13. The highest BCUT2D eigenvalue weighted by Gasteiger charge is 2.18. The molecule has 0 saturated heterocycles. The number of unbranched alkanes of at least 4 members (excludes halogenated alkanes) is 1. The normalized spacial score (nSPS) is 11.2. The number of aromatic nitrogens is 2. The highest BCUT2D eigenvalue weighted by molar-refractivity contribution is 7.09. The number of nitrogens with zero attached hydrogens (tertiary/aromatic N) is 4. The van der Waals surface area contributed by atoms with Gasteiger partial charge in [-0.1, -0.05) is 80.1 Å². The Morgan fingerprint density at radius 2 is 1.39 bits per heavy atom. The fourth-order valence-corrected chi connectivity index (χ4v) is 6.26. The summed E-state index contributed by atoms with van der Waals surface area (Å²) in [5.74, 6) is -0.243. The predicted octanol–water partition coefficient (Wildman–Crippen LogP) is 7.48. The van der Waals surface area contributed by atoms with E-state index in [1.54, 1.807) is 72.9 Å². The van der Waals surface area contributed by atoms with Gasteiger partial charge in [-0.3, -0.25) is 0 Å². The smallest absolute Gasteiger partial charge is 0.338 e. The van der Waals surface area contributed by atoms with Crippen molar-refractivity contribution >= 4 is 29.4 Å². The zero-order valence-corrected chi connectivity index (χ0v) is 30.3. The Kier molecular flexibility index (Phi) is 14.0. The van der Waals surface area contributed by atoms with Crippen LogP contribution in [0.1, 0.15) is 74.3 Å². The van der Waals surface area contributed by atoms with Gasteiger partial charge in [0.1, 0.15) is 32.3 Å². The first-order valence-electron chi connectivity index (χ1n) is 17.1. The molecule has 0 aliphatic carbocycles. The minimum absolute atomic E-state index is 0.0812. The van der Waals surface area contributed by atoms with Crippen molar-refractivity contribution in [3.05, 3.63) is 172 Å². The summed E-state index contributed by atoms with van der Waals surface area (Å²) < 4.78 is 13.3. The monoisotopic (exact) mass is 754 g/mol. The number of hydrogen-bond donors (Lipinski definition) is 0. The number of imidazole rings is 1. The van der Waals surface area contributed by atoms with Gasteiger partial charge in [-0.15, -0.1) is 31.6 Å². The molecule has 0 bridgehead atoms. The SMILES string of the molecule is CCCCc1ncc(/C=C(\Cc2cccs2)C(=O)OCc2ccccc2CO[N+](=O)[O-])n1Cc1ccc(C(=O)OCc2ccccc2CO[N+](=O)[O-])cc1. The lowest BCUT2D eigenvalue weighted by atomic mass is 10.1. The van der Waals surface area contributed by atoms with Crippen LogP contribution in [0.3, 0.4) is 0 Å². The molecule has 280 valence electrons. The molecule has 3 aromatic carbocycles. The molecule has 15 heteroatoms. The summed E-state index contributed by atoms with van der Waals surface area (Å²) in [7, 11) is 0. The van der Waals surface area contributed by atoms with Gasteiger partial charge >= 0.3 is 11.9 Å². The second-order valence-electron chi connectivity index (χ2n) is 12.1. The number of thiophene rings is 1. The quantitative estimate of drug-likeness (QED) is 0.0333. The Morgan fingerprint density at radius 1 is 0.796 bits per heavy atom. The summed E-state index contributed by atoms with van der Waals surface area (Å²) in [5.41, 5.74) is 4.59. The molecule has 2 aromatic heterocycles. The van der Waals surface area contributed by atoms with Gasteiger partial charge in [0.15, 0.2) is 0 Å². The Labute approximate surface area is 314 Å². The number of carbonyl (C=O) groups excluding carboxylic acids is 2. The van der Waals surface area contributed by atoms with Crippen LogP contribution in [0.25, 0.3) is 6.08 Å². The number of hydrogen-bond acceptors (Lipinski definition) is 12. The fourth-order valence-electron chi connectivity index (χ4n) is 5.54. The third-order valence-electron chi connectivity index (χ3n) is 8.39. The lowest BCUT2D eigenvalue weighted by Gasteiger charge is -2.14. The van der Waals surface area contributed by atoms with E-state index in [1.165, 1.54) is 11.3 Å². The van der Waals surface area contributed by atoms with E-state index in [4.69, 9.17) is 14.5 Å². The molecule has 0 radical (unpaired) electrons. The van der Waals surface area contributed by atoms with E-state index in [-0.39, 0.29) is 26.4 Å². The van der Waals surface area contributed by atoms with E-state index >= 15 is 0 Å². The first-order chi connectivity index (χ1) is 26.2. The molecule has 0 atom stereocenters. The number of carbonyl (C=O) groups is 2. The van der Waals surface area contributed by atoms with Crippen molar-refractivity contribution in [3.63, 3.8) is 0 Å². The first kappa shape index (κ1) is 38.9. The van der Waals surface area contributed by atoms with E-state index < -0.39 is 22.1 Å². The van der Waals surface area contributed by atoms with Crippen LogP contribution in [0.4, 0.5) is 0 Å². The molecule has 0 spiro atoms. The van der Waals surface area contributed by atoms with E-state index in [9.17, 15) is 29.8 Å². The summed E-state index contributed by atoms with van der Waals surface area (Å²) >= 11 is 1.52. The zero-order valence-electron chi connectivity index (χ0n) is 29.5. The maximum Gasteiger partial charge on any atom is 0.338 e. The molecule has 2 heterocycles. The largest absolute Gasteiger partial charge is 0.457 e. The van der Waals surface area contributed by atoms with Crippen LogP contribution in [0.5, 0.6) is 0 Å². The van der Waals surface area contributed by atoms with Crippen LogP contribution in [0.2, 0.25) is 0 Å². The Hall–Kier alpha value is -6.35. The maximum absolute atomic E-state index is 13.7. The fraction of sp³-hybridized carbons (Fsp3) is 0.256. The highest BCUT2D eigenvalue weighted by Crippen LogP contribution is 2.22. The molecular weight excluding hydrogens is 717 g/mol. The Balaban J connectivity index is 1.33. The standard InChI is InChI=1S/C39H38N4O10S/c1-2-3-14-37-40-22-35(20-34(21-36-13-8-19-54-36)39(45)51-25-31-10-5-7-12-33(31)27-53-43(48)49)41(37)23-28-15-17-29(18-16-28)38(44)50-24-30-9-4-6-11-32(30)26-52-42(46)47/h4-13,15-20,22H,2-3,14,21,23-27H2,1H3/b34-20+. The summed E-state index contributed by atoms with van der Waals surface area (Å²) in [6.45, 7) is 1.81. The third-order valence-corrected chi connectivity index (χ3v) is 9.26. The van der Waals surface area contributed by atoms with Crippen molar-refractivity contribution in [1.29, 1.82) is 0 Å². The molecule has 0 fully saturated rings. The second kappa shape index (κ2) is 19.5. The van der Waals surface area contributed by atoms with Crippen LogP contribution in [0, 0.1) is 20.2 Å². The van der Waals surface area contributed by atoms with Crippen LogP contribution in [-0.2, 0) is 69.8 Å². The van der Waals surface area contributed by atoms with Crippen LogP contribution in [0.15, 0.2) is 102 Å². The van der Waals surface area contributed by atoms with Crippen molar-refractivity contribution in [2.75, 3.05) is 0 Å². The van der Waals surface area contributed by atoms with Crippen molar-refractivity contribution in [2.45, 2.75) is 65.6 Å². The summed E-state index contributed by atoms with van der Waals surface area (Å²) in [6.07, 6.45) is 6.44. The molecule has 0 unspecified atom stereocenters. The predicted molar refractivity (Wildman–Crippen MR) is 198 cm³/mol.